The summed E-state index contributed by atoms with van der Waals surface area (Å²) in [6, 6.07) is 4.04. The van der Waals surface area contributed by atoms with Gasteiger partial charge < -0.3 is 24.7 Å². The van der Waals surface area contributed by atoms with Gasteiger partial charge in [-0.3, -0.25) is 0 Å². The average Bonchev–Trinajstić information content (AvgIpc) is 3.33. The van der Waals surface area contributed by atoms with Crippen molar-refractivity contribution < 1.29 is 9.47 Å². The fourth-order valence-corrected chi connectivity index (χ4v) is 5.12. The third kappa shape index (κ3) is 3.67. The van der Waals surface area contributed by atoms with Crippen LogP contribution in [0.2, 0.25) is 0 Å². The van der Waals surface area contributed by atoms with E-state index < -0.39 is 0 Å². The van der Waals surface area contributed by atoms with Crippen molar-refractivity contribution in [2.24, 2.45) is 5.92 Å². The number of nitrogens with two attached hydrogens (primary N) is 1. The Hall–Kier alpha value is -2.52. The molecule has 0 unspecified atom stereocenters. The summed E-state index contributed by atoms with van der Waals surface area (Å²) in [6.07, 6.45) is 5.11. The molecule has 0 bridgehead atoms. The lowest BCUT2D eigenvalue weighted by Gasteiger charge is -2.29. The SMILES string of the molecule is Cc1cc2c(cc1Sc1nc3c(N)ncnc3n1CCC1CCN(C)CC1)OCO2. The van der Waals surface area contributed by atoms with Crippen LogP contribution >= 0.6 is 11.8 Å². The molecule has 5 rings (SSSR count). The van der Waals surface area contributed by atoms with Crippen LogP contribution in [0.25, 0.3) is 11.2 Å². The highest BCUT2D eigenvalue weighted by atomic mass is 32.2. The summed E-state index contributed by atoms with van der Waals surface area (Å²) >= 11 is 1.61. The fourth-order valence-electron chi connectivity index (χ4n) is 4.11. The van der Waals surface area contributed by atoms with E-state index in [9.17, 15) is 0 Å². The van der Waals surface area contributed by atoms with Gasteiger partial charge in [-0.1, -0.05) is 11.8 Å². The lowest BCUT2D eigenvalue weighted by Crippen LogP contribution is -2.30. The molecule has 0 radical (unpaired) electrons. The van der Waals surface area contributed by atoms with Crippen molar-refractivity contribution in [1.29, 1.82) is 0 Å². The number of fused-ring (bicyclic) bond motifs is 2. The van der Waals surface area contributed by atoms with Crippen molar-refractivity contribution in [1.82, 2.24) is 24.4 Å². The molecule has 1 saturated heterocycles. The molecule has 30 heavy (non-hydrogen) atoms. The predicted octanol–water partition coefficient (Wildman–Crippen LogP) is 3.33. The number of hydrogen-bond acceptors (Lipinski definition) is 8. The van der Waals surface area contributed by atoms with Crippen molar-refractivity contribution in [3.8, 4) is 11.5 Å². The minimum absolute atomic E-state index is 0.268. The second-order valence-corrected chi connectivity index (χ2v) is 9.09. The third-order valence-electron chi connectivity index (χ3n) is 6.00. The fraction of sp³-hybridized carbons (Fsp3) is 0.476. The summed E-state index contributed by atoms with van der Waals surface area (Å²) in [6.45, 7) is 5.55. The topological polar surface area (TPSA) is 91.3 Å². The monoisotopic (exact) mass is 426 g/mol. The standard InChI is InChI=1S/C21H26N6O2S/c1-13-9-15-16(29-12-28-15)10-17(13)30-21-25-18-19(22)23-11-24-20(18)27(21)8-5-14-3-6-26(2)7-4-14/h9-11,14H,3-8,12H2,1-2H3,(H2,22,23,24). The molecule has 0 saturated carbocycles. The second kappa shape index (κ2) is 7.96. The molecule has 3 aromatic rings. The maximum Gasteiger partial charge on any atom is 0.231 e. The molecule has 4 heterocycles. The summed E-state index contributed by atoms with van der Waals surface area (Å²) in [5.41, 5.74) is 8.70. The van der Waals surface area contributed by atoms with E-state index in [2.05, 4.69) is 33.4 Å². The summed E-state index contributed by atoms with van der Waals surface area (Å²) < 4.78 is 13.3. The highest BCUT2D eigenvalue weighted by molar-refractivity contribution is 7.99. The molecule has 9 heteroatoms. The minimum Gasteiger partial charge on any atom is -0.454 e. The zero-order chi connectivity index (χ0) is 20.7. The van der Waals surface area contributed by atoms with E-state index in [0.717, 1.165) is 51.6 Å². The number of aromatic nitrogens is 4. The zero-order valence-electron chi connectivity index (χ0n) is 17.3. The zero-order valence-corrected chi connectivity index (χ0v) is 18.1. The number of benzene rings is 1. The van der Waals surface area contributed by atoms with Crippen LogP contribution in [0.4, 0.5) is 5.82 Å². The van der Waals surface area contributed by atoms with Crippen molar-refractivity contribution in [2.75, 3.05) is 32.7 Å². The number of hydrogen-bond donors (Lipinski definition) is 1. The molecule has 0 amide bonds. The number of rotatable bonds is 5. The van der Waals surface area contributed by atoms with Crippen molar-refractivity contribution in [3.63, 3.8) is 0 Å². The number of imidazole rings is 1. The molecular weight excluding hydrogens is 400 g/mol. The first kappa shape index (κ1) is 19.4. The van der Waals surface area contributed by atoms with Crippen molar-refractivity contribution >= 4 is 28.7 Å². The van der Waals surface area contributed by atoms with Crippen LogP contribution in [0.3, 0.4) is 0 Å². The highest BCUT2D eigenvalue weighted by Gasteiger charge is 2.22. The van der Waals surface area contributed by atoms with E-state index >= 15 is 0 Å². The molecule has 1 fully saturated rings. The van der Waals surface area contributed by atoms with Crippen molar-refractivity contribution in [2.45, 2.75) is 42.8 Å². The summed E-state index contributed by atoms with van der Waals surface area (Å²) in [4.78, 5) is 16.9. The van der Waals surface area contributed by atoms with E-state index in [4.69, 9.17) is 20.2 Å². The molecular formula is C21H26N6O2S. The van der Waals surface area contributed by atoms with Gasteiger partial charge in [0.15, 0.2) is 33.6 Å². The molecule has 8 nitrogen and oxygen atoms in total. The van der Waals surface area contributed by atoms with Gasteiger partial charge in [-0.2, -0.15) is 0 Å². The van der Waals surface area contributed by atoms with Gasteiger partial charge in [0.25, 0.3) is 0 Å². The van der Waals surface area contributed by atoms with Gasteiger partial charge in [0.2, 0.25) is 6.79 Å². The summed E-state index contributed by atoms with van der Waals surface area (Å²) in [5, 5.41) is 0.882. The molecule has 1 aromatic carbocycles. The van der Waals surface area contributed by atoms with Gasteiger partial charge in [-0.25, -0.2) is 15.0 Å². The van der Waals surface area contributed by atoms with Gasteiger partial charge in [0.05, 0.1) is 0 Å². The molecule has 2 aliphatic heterocycles. The number of piperidine rings is 1. The first-order valence-corrected chi connectivity index (χ1v) is 11.1. The Labute approximate surface area is 179 Å². The van der Waals surface area contributed by atoms with Gasteiger partial charge in [0.1, 0.15) is 6.33 Å². The number of likely N-dealkylation sites (tertiary alicyclic amines) is 1. The second-order valence-electron chi connectivity index (χ2n) is 8.09. The Bertz CT molecular complexity index is 1080. The van der Waals surface area contributed by atoms with Crippen LogP contribution in [0.1, 0.15) is 24.8 Å². The lowest BCUT2D eigenvalue weighted by atomic mass is 9.94. The maximum atomic E-state index is 6.11. The molecule has 158 valence electrons. The van der Waals surface area contributed by atoms with E-state index in [0.29, 0.717) is 11.3 Å². The third-order valence-corrected chi connectivity index (χ3v) is 7.15. The Morgan fingerprint density at radius 2 is 1.93 bits per heavy atom. The van der Waals surface area contributed by atoms with E-state index in [-0.39, 0.29) is 6.79 Å². The largest absolute Gasteiger partial charge is 0.454 e. The number of nitrogens with zero attached hydrogens (tertiary/aromatic N) is 5. The Morgan fingerprint density at radius 1 is 1.17 bits per heavy atom. The Balaban J connectivity index is 1.45. The van der Waals surface area contributed by atoms with Gasteiger partial charge in [-0.15, -0.1) is 0 Å². The van der Waals surface area contributed by atoms with Gasteiger partial charge in [0, 0.05) is 11.4 Å². The summed E-state index contributed by atoms with van der Waals surface area (Å²) in [7, 11) is 2.20. The number of ether oxygens (including phenoxy) is 2. The van der Waals surface area contributed by atoms with Crippen LogP contribution < -0.4 is 15.2 Å². The molecule has 0 atom stereocenters. The minimum atomic E-state index is 0.268. The lowest BCUT2D eigenvalue weighted by molar-refractivity contribution is 0.174. The Kier molecular flexibility index (Phi) is 5.16. The van der Waals surface area contributed by atoms with Crippen molar-refractivity contribution in [3.05, 3.63) is 24.0 Å². The first-order chi connectivity index (χ1) is 14.6. The first-order valence-electron chi connectivity index (χ1n) is 10.3. The van der Waals surface area contributed by atoms with Crippen LogP contribution in [0.5, 0.6) is 11.5 Å². The van der Waals surface area contributed by atoms with Crippen LogP contribution in [-0.4, -0.2) is 51.3 Å². The Morgan fingerprint density at radius 3 is 2.73 bits per heavy atom. The normalized spacial score (nSPS) is 17.1. The van der Waals surface area contributed by atoms with Crippen LogP contribution in [0.15, 0.2) is 28.5 Å². The molecule has 2 aromatic heterocycles. The van der Waals surface area contributed by atoms with Gasteiger partial charge >= 0.3 is 0 Å². The van der Waals surface area contributed by atoms with E-state index in [1.54, 1.807) is 11.8 Å². The quantitative estimate of drug-likeness (QED) is 0.664. The summed E-state index contributed by atoms with van der Waals surface area (Å²) in [5.74, 6) is 2.71. The average molecular weight is 427 g/mol. The molecule has 2 aliphatic rings. The number of nitrogen functional groups attached to an aromatic ring is 1. The highest BCUT2D eigenvalue weighted by Crippen LogP contribution is 2.41. The van der Waals surface area contributed by atoms with Gasteiger partial charge in [-0.05, 0) is 69.9 Å². The molecule has 0 aliphatic carbocycles. The maximum absolute atomic E-state index is 6.11. The smallest absolute Gasteiger partial charge is 0.231 e. The van der Waals surface area contributed by atoms with Crippen LogP contribution in [-0.2, 0) is 6.54 Å². The number of anilines is 1. The van der Waals surface area contributed by atoms with Crippen LogP contribution in [0, 0.1) is 12.8 Å². The van der Waals surface area contributed by atoms with E-state index in [1.807, 2.05) is 12.1 Å². The van der Waals surface area contributed by atoms with E-state index in [1.165, 1.54) is 32.3 Å². The molecule has 0 spiro atoms. The predicted molar refractivity (Wildman–Crippen MR) is 116 cm³/mol. The number of aryl methyl sites for hydroxylation is 2. The molecule has 2 N–H and O–H groups in total.